The number of rotatable bonds is 6. The second-order valence-electron chi connectivity index (χ2n) is 6.46. The summed E-state index contributed by atoms with van der Waals surface area (Å²) in [7, 11) is 0. The fourth-order valence-electron chi connectivity index (χ4n) is 2.85. The summed E-state index contributed by atoms with van der Waals surface area (Å²) >= 11 is 0. The summed E-state index contributed by atoms with van der Waals surface area (Å²) in [5.41, 5.74) is 1.44. The molecule has 0 heterocycles. The Labute approximate surface area is 121 Å². The number of nitrogens with one attached hydrogen (secondary N) is 1. The van der Waals surface area contributed by atoms with Crippen molar-refractivity contribution in [1.29, 1.82) is 0 Å². The fourth-order valence-corrected chi connectivity index (χ4v) is 2.85. The Kier molecular flexibility index (Phi) is 4.79. The quantitative estimate of drug-likeness (QED) is 0.839. The minimum atomic E-state index is -0.246. The second kappa shape index (κ2) is 6.38. The smallest absolute Gasteiger partial charge is 0.0517 e. The zero-order valence-corrected chi connectivity index (χ0v) is 12.7. The molecule has 0 saturated heterocycles. The van der Waals surface area contributed by atoms with Crippen LogP contribution in [-0.4, -0.2) is 17.8 Å². The molecule has 0 amide bonds. The molecule has 0 spiro atoms. The molecule has 2 heteroatoms. The van der Waals surface area contributed by atoms with Gasteiger partial charge in [-0.05, 0) is 35.1 Å². The number of hydrogen-bond donors (Lipinski definition) is 2. The summed E-state index contributed by atoms with van der Waals surface area (Å²) < 4.78 is 0. The van der Waals surface area contributed by atoms with Gasteiger partial charge in [0.15, 0.2) is 0 Å². The summed E-state index contributed by atoms with van der Waals surface area (Å²) in [5, 5.41) is 15.6. The number of hydrogen-bond acceptors (Lipinski definition) is 2. The standard InChI is InChI=1S/C18H25NO/c1-14(20)11-18(2,3)13-19-12-16-9-6-8-15-7-4-5-10-17(15)16/h4-10,14,19-20H,11-13H2,1-3H3. The van der Waals surface area contributed by atoms with E-state index in [2.05, 4.69) is 61.6 Å². The van der Waals surface area contributed by atoms with Gasteiger partial charge >= 0.3 is 0 Å². The van der Waals surface area contributed by atoms with Gasteiger partial charge in [-0.2, -0.15) is 0 Å². The maximum Gasteiger partial charge on any atom is 0.0517 e. The molecule has 0 aliphatic rings. The first-order chi connectivity index (χ1) is 9.48. The van der Waals surface area contributed by atoms with Crippen LogP contribution in [0.4, 0.5) is 0 Å². The first-order valence-corrected chi connectivity index (χ1v) is 7.33. The highest BCUT2D eigenvalue weighted by Gasteiger charge is 2.19. The van der Waals surface area contributed by atoms with E-state index >= 15 is 0 Å². The van der Waals surface area contributed by atoms with Gasteiger partial charge in [0.05, 0.1) is 6.10 Å². The average Bonchev–Trinajstić information content (AvgIpc) is 2.37. The predicted molar refractivity (Wildman–Crippen MR) is 85.7 cm³/mol. The molecule has 0 aromatic heterocycles. The Morgan fingerprint density at radius 2 is 1.80 bits per heavy atom. The van der Waals surface area contributed by atoms with Gasteiger partial charge in [0, 0.05) is 13.1 Å². The lowest BCUT2D eigenvalue weighted by atomic mass is 9.87. The molecular formula is C18H25NO. The summed E-state index contributed by atoms with van der Waals surface area (Å²) in [6, 6.07) is 14.9. The Hall–Kier alpha value is -1.38. The van der Waals surface area contributed by atoms with Crippen molar-refractivity contribution in [1.82, 2.24) is 5.32 Å². The van der Waals surface area contributed by atoms with Crippen LogP contribution < -0.4 is 5.32 Å². The van der Waals surface area contributed by atoms with E-state index < -0.39 is 0 Å². The van der Waals surface area contributed by atoms with Crippen molar-refractivity contribution in [3.05, 3.63) is 48.0 Å². The van der Waals surface area contributed by atoms with E-state index in [0.29, 0.717) is 0 Å². The molecule has 108 valence electrons. The van der Waals surface area contributed by atoms with E-state index in [1.165, 1.54) is 16.3 Å². The summed E-state index contributed by atoms with van der Waals surface area (Å²) in [6.45, 7) is 8.00. The van der Waals surface area contributed by atoms with Crippen LogP contribution in [-0.2, 0) is 6.54 Å². The Balaban J connectivity index is 2.00. The van der Waals surface area contributed by atoms with Crippen molar-refractivity contribution in [3.8, 4) is 0 Å². The van der Waals surface area contributed by atoms with E-state index in [1.807, 2.05) is 6.92 Å². The molecule has 0 aliphatic heterocycles. The van der Waals surface area contributed by atoms with Crippen LogP contribution in [0.3, 0.4) is 0 Å². The molecule has 0 saturated carbocycles. The molecule has 0 radical (unpaired) electrons. The molecule has 0 aliphatic carbocycles. The van der Waals surface area contributed by atoms with Crippen LogP contribution in [0.25, 0.3) is 10.8 Å². The topological polar surface area (TPSA) is 32.3 Å². The maximum absolute atomic E-state index is 9.52. The predicted octanol–water partition coefficient (Wildman–Crippen LogP) is 3.73. The van der Waals surface area contributed by atoms with Gasteiger partial charge in [-0.3, -0.25) is 0 Å². The van der Waals surface area contributed by atoms with Crippen molar-refractivity contribution in [2.75, 3.05) is 6.54 Å². The van der Waals surface area contributed by atoms with Crippen LogP contribution in [0.5, 0.6) is 0 Å². The van der Waals surface area contributed by atoms with Crippen LogP contribution in [0.15, 0.2) is 42.5 Å². The van der Waals surface area contributed by atoms with Crippen LogP contribution in [0.1, 0.15) is 32.8 Å². The first kappa shape index (κ1) is 15.0. The van der Waals surface area contributed by atoms with Gasteiger partial charge < -0.3 is 10.4 Å². The van der Waals surface area contributed by atoms with E-state index in [1.54, 1.807) is 0 Å². The SMILES string of the molecule is CC(O)CC(C)(C)CNCc1cccc2ccccc12. The minimum absolute atomic E-state index is 0.110. The zero-order valence-electron chi connectivity index (χ0n) is 12.7. The van der Waals surface area contributed by atoms with Gasteiger partial charge in [-0.25, -0.2) is 0 Å². The van der Waals surface area contributed by atoms with Crippen molar-refractivity contribution in [3.63, 3.8) is 0 Å². The third-order valence-corrected chi connectivity index (χ3v) is 3.65. The summed E-state index contributed by atoms with van der Waals surface area (Å²) in [5.74, 6) is 0. The highest BCUT2D eigenvalue weighted by molar-refractivity contribution is 5.85. The van der Waals surface area contributed by atoms with Gasteiger partial charge in [0.2, 0.25) is 0 Å². The molecular weight excluding hydrogens is 246 g/mol. The van der Waals surface area contributed by atoms with E-state index in [9.17, 15) is 5.11 Å². The van der Waals surface area contributed by atoms with Crippen molar-refractivity contribution in [2.45, 2.75) is 39.8 Å². The Morgan fingerprint density at radius 1 is 1.10 bits per heavy atom. The molecule has 0 fully saturated rings. The molecule has 0 bridgehead atoms. The van der Waals surface area contributed by atoms with Crippen molar-refractivity contribution >= 4 is 10.8 Å². The van der Waals surface area contributed by atoms with Crippen LogP contribution in [0.2, 0.25) is 0 Å². The first-order valence-electron chi connectivity index (χ1n) is 7.33. The Morgan fingerprint density at radius 3 is 2.55 bits per heavy atom. The molecule has 1 unspecified atom stereocenters. The molecule has 2 aromatic rings. The highest BCUT2D eigenvalue weighted by atomic mass is 16.3. The number of aliphatic hydroxyl groups is 1. The molecule has 2 rings (SSSR count). The van der Waals surface area contributed by atoms with Crippen LogP contribution >= 0.6 is 0 Å². The molecule has 1 atom stereocenters. The summed E-state index contributed by atoms with van der Waals surface area (Å²) in [6.07, 6.45) is 0.569. The summed E-state index contributed by atoms with van der Waals surface area (Å²) in [4.78, 5) is 0. The van der Waals surface area contributed by atoms with Gasteiger partial charge in [-0.15, -0.1) is 0 Å². The number of fused-ring (bicyclic) bond motifs is 1. The number of benzene rings is 2. The van der Waals surface area contributed by atoms with Crippen LogP contribution in [0, 0.1) is 5.41 Å². The third kappa shape index (κ3) is 4.06. The zero-order chi connectivity index (χ0) is 14.6. The molecule has 2 N–H and O–H groups in total. The molecule has 2 aromatic carbocycles. The minimum Gasteiger partial charge on any atom is -0.393 e. The van der Waals surface area contributed by atoms with Gasteiger partial charge in [0.1, 0.15) is 0 Å². The van der Waals surface area contributed by atoms with E-state index in [-0.39, 0.29) is 11.5 Å². The lowest BCUT2D eigenvalue weighted by Gasteiger charge is -2.26. The van der Waals surface area contributed by atoms with Gasteiger partial charge in [-0.1, -0.05) is 56.3 Å². The average molecular weight is 271 g/mol. The third-order valence-electron chi connectivity index (χ3n) is 3.65. The molecule has 2 nitrogen and oxygen atoms in total. The maximum atomic E-state index is 9.52. The monoisotopic (exact) mass is 271 g/mol. The Bertz CT molecular complexity index is 555. The second-order valence-corrected chi connectivity index (χ2v) is 6.46. The van der Waals surface area contributed by atoms with Gasteiger partial charge in [0.25, 0.3) is 0 Å². The van der Waals surface area contributed by atoms with Crippen molar-refractivity contribution in [2.24, 2.45) is 5.41 Å². The van der Waals surface area contributed by atoms with E-state index in [0.717, 1.165) is 19.5 Å². The largest absolute Gasteiger partial charge is 0.393 e. The number of aliphatic hydroxyl groups excluding tert-OH is 1. The fraction of sp³-hybridized carbons (Fsp3) is 0.444. The lowest BCUT2D eigenvalue weighted by Crippen LogP contribution is -2.31. The van der Waals surface area contributed by atoms with E-state index in [4.69, 9.17) is 0 Å². The molecule has 20 heavy (non-hydrogen) atoms. The normalized spacial score (nSPS) is 13.6. The van der Waals surface area contributed by atoms with Crippen molar-refractivity contribution < 1.29 is 5.11 Å². The lowest BCUT2D eigenvalue weighted by molar-refractivity contribution is 0.128. The highest BCUT2D eigenvalue weighted by Crippen LogP contribution is 2.22.